The van der Waals surface area contributed by atoms with Crippen LogP contribution in [0.1, 0.15) is 31.9 Å². The van der Waals surface area contributed by atoms with E-state index in [0.29, 0.717) is 25.7 Å². The molecule has 0 saturated heterocycles. The van der Waals surface area contributed by atoms with Crippen molar-refractivity contribution in [2.24, 2.45) is 5.92 Å². The van der Waals surface area contributed by atoms with Crippen molar-refractivity contribution in [3.8, 4) is 0 Å². The smallest absolute Gasteiger partial charge is 0.0717 e. The van der Waals surface area contributed by atoms with Gasteiger partial charge in [0.05, 0.1) is 25.4 Å². The lowest BCUT2D eigenvalue weighted by molar-refractivity contribution is -0.0407. The predicted octanol–water partition coefficient (Wildman–Crippen LogP) is 4.88. The molecule has 2 heteroatoms. The van der Waals surface area contributed by atoms with Crippen LogP contribution in [0.5, 0.6) is 0 Å². The fourth-order valence-electron chi connectivity index (χ4n) is 2.40. The van der Waals surface area contributed by atoms with Crippen LogP contribution in [0.25, 0.3) is 0 Å². The second-order valence-corrected chi connectivity index (χ2v) is 6.98. The normalized spacial score (nSPS) is 13.0. The van der Waals surface area contributed by atoms with Crippen molar-refractivity contribution < 1.29 is 9.47 Å². The highest BCUT2D eigenvalue weighted by Gasteiger charge is 2.16. The number of hydrogen-bond donors (Lipinski definition) is 0. The summed E-state index contributed by atoms with van der Waals surface area (Å²) in [6.07, 6.45) is 0.978. The van der Waals surface area contributed by atoms with E-state index in [0.717, 1.165) is 6.42 Å². The second kappa shape index (κ2) is 8.85. The highest BCUT2D eigenvalue weighted by Crippen LogP contribution is 2.15. The Morgan fingerprint density at radius 1 is 0.783 bits per heavy atom. The van der Waals surface area contributed by atoms with Gasteiger partial charge in [-0.15, -0.1) is 0 Å². The van der Waals surface area contributed by atoms with Gasteiger partial charge in [-0.25, -0.2) is 0 Å². The topological polar surface area (TPSA) is 18.5 Å². The SMILES string of the molecule is CC(C)(C)OC[C@@H](COCc1ccccc1)Cc1ccccc1. The molecule has 0 bridgehead atoms. The van der Waals surface area contributed by atoms with Crippen LogP contribution in [0.4, 0.5) is 0 Å². The molecule has 2 rings (SSSR count). The fraction of sp³-hybridized carbons (Fsp3) is 0.429. The molecule has 0 saturated carbocycles. The van der Waals surface area contributed by atoms with Gasteiger partial charge in [-0.3, -0.25) is 0 Å². The number of rotatable bonds is 8. The third-order valence-corrected chi connectivity index (χ3v) is 3.58. The van der Waals surface area contributed by atoms with Crippen molar-refractivity contribution in [1.29, 1.82) is 0 Å². The maximum atomic E-state index is 5.99. The maximum Gasteiger partial charge on any atom is 0.0717 e. The molecule has 0 N–H and O–H groups in total. The first-order valence-corrected chi connectivity index (χ1v) is 8.32. The zero-order chi connectivity index (χ0) is 16.5. The van der Waals surface area contributed by atoms with Crippen LogP contribution in [0.2, 0.25) is 0 Å². The summed E-state index contributed by atoms with van der Waals surface area (Å²) in [4.78, 5) is 0. The van der Waals surface area contributed by atoms with Gasteiger partial charge >= 0.3 is 0 Å². The molecule has 0 aliphatic rings. The summed E-state index contributed by atoms with van der Waals surface area (Å²) in [7, 11) is 0. The Bertz CT molecular complexity index is 543. The zero-order valence-electron chi connectivity index (χ0n) is 14.5. The molecule has 0 aliphatic heterocycles. The summed E-state index contributed by atoms with van der Waals surface area (Å²) in [5.41, 5.74) is 2.43. The molecule has 0 unspecified atom stereocenters. The van der Waals surface area contributed by atoms with Gasteiger partial charge in [0.15, 0.2) is 0 Å². The van der Waals surface area contributed by atoms with E-state index < -0.39 is 0 Å². The molecule has 0 heterocycles. The minimum atomic E-state index is -0.117. The minimum absolute atomic E-state index is 0.117. The highest BCUT2D eigenvalue weighted by atomic mass is 16.5. The molecule has 23 heavy (non-hydrogen) atoms. The van der Waals surface area contributed by atoms with E-state index in [4.69, 9.17) is 9.47 Å². The molecule has 2 nitrogen and oxygen atoms in total. The number of ether oxygens (including phenoxy) is 2. The molecule has 0 radical (unpaired) electrons. The minimum Gasteiger partial charge on any atom is -0.376 e. The lowest BCUT2D eigenvalue weighted by Crippen LogP contribution is -2.27. The van der Waals surface area contributed by atoms with Gasteiger partial charge in [0.25, 0.3) is 0 Å². The standard InChI is InChI=1S/C21H28O2/c1-21(2,3)23-17-20(14-18-10-6-4-7-11-18)16-22-15-19-12-8-5-9-13-19/h4-13,20H,14-17H2,1-3H3/t20-/m1/s1. The Morgan fingerprint density at radius 2 is 1.35 bits per heavy atom. The van der Waals surface area contributed by atoms with E-state index in [1.54, 1.807) is 0 Å². The van der Waals surface area contributed by atoms with E-state index >= 15 is 0 Å². The fourth-order valence-corrected chi connectivity index (χ4v) is 2.40. The zero-order valence-corrected chi connectivity index (χ0v) is 14.5. The average molecular weight is 312 g/mol. The summed E-state index contributed by atoms with van der Waals surface area (Å²) >= 11 is 0. The molecule has 0 aliphatic carbocycles. The predicted molar refractivity (Wildman–Crippen MR) is 95.4 cm³/mol. The van der Waals surface area contributed by atoms with Gasteiger partial charge in [0.1, 0.15) is 0 Å². The number of benzene rings is 2. The quantitative estimate of drug-likeness (QED) is 0.692. The summed E-state index contributed by atoms with van der Waals surface area (Å²) in [6.45, 7) is 8.36. The van der Waals surface area contributed by atoms with Crippen molar-refractivity contribution >= 4 is 0 Å². The third-order valence-electron chi connectivity index (χ3n) is 3.58. The molecule has 124 valence electrons. The third kappa shape index (κ3) is 7.45. The molecular weight excluding hydrogens is 284 g/mol. The molecule has 0 amide bonds. The van der Waals surface area contributed by atoms with E-state index in [2.05, 4.69) is 63.2 Å². The lowest BCUT2D eigenvalue weighted by atomic mass is 10.0. The Morgan fingerprint density at radius 3 is 1.91 bits per heavy atom. The Balaban J connectivity index is 1.87. The van der Waals surface area contributed by atoms with Crippen molar-refractivity contribution in [1.82, 2.24) is 0 Å². The summed E-state index contributed by atoms with van der Waals surface area (Å²) in [5.74, 6) is 0.361. The van der Waals surface area contributed by atoms with Gasteiger partial charge in [-0.1, -0.05) is 60.7 Å². The Kier molecular flexibility index (Phi) is 6.82. The monoisotopic (exact) mass is 312 g/mol. The molecule has 2 aromatic rings. The summed E-state index contributed by atoms with van der Waals surface area (Å²) in [5, 5.41) is 0. The van der Waals surface area contributed by atoms with Crippen LogP contribution in [0, 0.1) is 5.92 Å². The molecule has 0 spiro atoms. The Hall–Kier alpha value is -1.64. The first kappa shape index (κ1) is 17.7. The average Bonchev–Trinajstić information content (AvgIpc) is 2.54. The molecule has 2 aromatic carbocycles. The van der Waals surface area contributed by atoms with Crippen molar-refractivity contribution in [3.05, 3.63) is 71.8 Å². The second-order valence-electron chi connectivity index (χ2n) is 6.98. The van der Waals surface area contributed by atoms with Gasteiger partial charge in [0.2, 0.25) is 0 Å². The van der Waals surface area contributed by atoms with Crippen LogP contribution in [0.15, 0.2) is 60.7 Å². The van der Waals surface area contributed by atoms with Crippen LogP contribution < -0.4 is 0 Å². The maximum absolute atomic E-state index is 5.99. The first-order valence-electron chi connectivity index (χ1n) is 8.32. The van der Waals surface area contributed by atoms with Crippen LogP contribution >= 0.6 is 0 Å². The lowest BCUT2D eigenvalue weighted by Gasteiger charge is -2.24. The van der Waals surface area contributed by atoms with E-state index in [-0.39, 0.29) is 5.60 Å². The van der Waals surface area contributed by atoms with Crippen molar-refractivity contribution in [2.45, 2.75) is 39.4 Å². The molecule has 0 fully saturated rings. The van der Waals surface area contributed by atoms with Crippen LogP contribution in [-0.4, -0.2) is 18.8 Å². The van der Waals surface area contributed by atoms with Gasteiger partial charge in [0, 0.05) is 5.92 Å². The van der Waals surface area contributed by atoms with Crippen molar-refractivity contribution in [3.63, 3.8) is 0 Å². The van der Waals surface area contributed by atoms with E-state index in [1.165, 1.54) is 11.1 Å². The van der Waals surface area contributed by atoms with Gasteiger partial charge < -0.3 is 9.47 Å². The first-order chi connectivity index (χ1) is 11.0. The van der Waals surface area contributed by atoms with Crippen LogP contribution in [0.3, 0.4) is 0 Å². The van der Waals surface area contributed by atoms with Gasteiger partial charge in [-0.05, 0) is 38.3 Å². The van der Waals surface area contributed by atoms with E-state index in [1.807, 2.05) is 18.2 Å². The molecule has 0 aromatic heterocycles. The Labute approximate surface area is 140 Å². The van der Waals surface area contributed by atoms with Gasteiger partial charge in [-0.2, -0.15) is 0 Å². The van der Waals surface area contributed by atoms with Crippen molar-refractivity contribution in [2.75, 3.05) is 13.2 Å². The largest absolute Gasteiger partial charge is 0.376 e. The summed E-state index contributed by atoms with van der Waals surface area (Å²) < 4.78 is 11.9. The number of hydrogen-bond acceptors (Lipinski definition) is 2. The molecule has 1 atom stereocenters. The van der Waals surface area contributed by atoms with Crippen LogP contribution in [-0.2, 0) is 22.5 Å². The summed E-state index contributed by atoms with van der Waals surface area (Å²) in [6, 6.07) is 20.9. The highest BCUT2D eigenvalue weighted by molar-refractivity contribution is 5.15. The van der Waals surface area contributed by atoms with E-state index in [9.17, 15) is 0 Å². The molecular formula is C21H28O2.